The van der Waals surface area contributed by atoms with E-state index in [-0.39, 0.29) is 0 Å². The molecule has 0 spiro atoms. The highest BCUT2D eigenvalue weighted by molar-refractivity contribution is 5.94. The topological polar surface area (TPSA) is 95.7 Å². The second-order valence-corrected chi connectivity index (χ2v) is 11.1. The van der Waals surface area contributed by atoms with Crippen LogP contribution in [0.4, 0.5) is 17.5 Å². The third kappa shape index (κ3) is 4.34. The second-order valence-electron chi connectivity index (χ2n) is 11.1. The monoisotopic (exact) mass is 500 g/mol. The van der Waals surface area contributed by atoms with Crippen molar-refractivity contribution in [3.63, 3.8) is 0 Å². The van der Waals surface area contributed by atoms with Crippen LogP contribution in [0.5, 0.6) is 6.01 Å². The first-order valence-corrected chi connectivity index (χ1v) is 13.7. The molecule has 4 aliphatic heterocycles. The fraction of sp³-hybridized carbons (Fsp3) is 0.536. The average molecular weight is 501 g/mol. The Morgan fingerprint density at radius 1 is 1.00 bits per heavy atom. The summed E-state index contributed by atoms with van der Waals surface area (Å²) < 4.78 is 6.30. The second kappa shape index (κ2) is 9.29. The summed E-state index contributed by atoms with van der Waals surface area (Å²) >= 11 is 0. The first kappa shape index (κ1) is 23.0. The molecular weight excluding hydrogens is 464 g/mol. The highest BCUT2D eigenvalue weighted by Gasteiger charge is 2.35. The summed E-state index contributed by atoms with van der Waals surface area (Å²) in [4.78, 5) is 22.0. The van der Waals surface area contributed by atoms with Crippen molar-refractivity contribution in [2.24, 2.45) is 0 Å². The van der Waals surface area contributed by atoms with Gasteiger partial charge in [0.2, 0.25) is 0 Å². The molecule has 3 saturated heterocycles. The van der Waals surface area contributed by atoms with E-state index in [0.29, 0.717) is 43.1 Å². The van der Waals surface area contributed by atoms with Crippen LogP contribution >= 0.6 is 0 Å². The number of aromatic nitrogens is 3. The first-order chi connectivity index (χ1) is 18.1. The van der Waals surface area contributed by atoms with Crippen molar-refractivity contribution in [3.05, 3.63) is 41.6 Å². The van der Waals surface area contributed by atoms with Crippen LogP contribution < -0.4 is 25.6 Å². The van der Waals surface area contributed by atoms with Crippen LogP contribution in [-0.2, 0) is 13.0 Å². The number of anilines is 3. The summed E-state index contributed by atoms with van der Waals surface area (Å²) in [5, 5.41) is 5.98. The third-order valence-corrected chi connectivity index (χ3v) is 8.65. The number of nitrogens with zero attached hydrogens (tertiary/aromatic N) is 6. The van der Waals surface area contributed by atoms with Crippen LogP contribution in [0.15, 0.2) is 30.3 Å². The van der Waals surface area contributed by atoms with Crippen molar-refractivity contribution in [2.45, 2.75) is 56.8 Å². The molecule has 0 amide bonds. The summed E-state index contributed by atoms with van der Waals surface area (Å²) in [6.45, 7) is 5.28. The van der Waals surface area contributed by atoms with Gasteiger partial charge in [0, 0.05) is 48.7 Å². The molecule has 9 heteroatoms. The van der Waals surface area contributed by atoms with E-state index in [4.69, 9.17) is 25.4 Å². The first-order valence-electron chi connectivity index (χ1n) is 13.7. The number of ether oxygens (including phenoxy) is 1. The summed E-state index contributed by atoms with van der Waals surface area (Å²) in [7, 11) is 2.18. The number of likely N-dealkylation sites (tertiary alicyclic amines) is 1. The molecule has 0 radical (unpaired) electrons. The number of likely N-dealkylation sites (N-methyl/N-ethyl adjacent to an activating group) is 1. The van der Waals surface area contributed by atoms with Crippen LogP contribution in [-0.4, -0.2) is 77.8 Å². The number of nitrogens with two attached hydrogens (primary N) is 1. The lowest BCUT2D eigenvalue weighted by Crippen LogP contribution is -2.52. The van der Waals surface area contributed by atoms with E-state index in [1.54, 1.807) is 0 Å². The minimum Gasteiger partial charge on any atom is -0.462 e. The third-order valence-electron chi connectivity index (χ3n) is 8.65. The molecule has 3 N–H and O–H groups in total. The fourth-order valence-electron chi connectivity index (χ4n) is 6.67. The molecule has 0 unspecified atom stereocenters. The maximum atomic E-state index is 6.30. The highest BCUT2D eigenvalue weighted by Crippen LogP contribution is 2.35. The van der Waals surface area contributed by atoms with Gasteiger partial charge in [-0.1, -0.05) is 24.3 Å². The molecule has 2 bridgehead atoms. The molecule has 4 aliphatic rings. The number of nitrogen functional groups attached to an aromatic ring is 1. The van der Waals surface area contributed by atoms with Gasteiger partial charge in [0.1, 0.15) is 24.1 Å². The SMILES string of the molecule is CN1CCC[C@H]1COc1nc2c(c(N3C[C@H]4CC[C@@H](C3)N4)n1)CCN(c1nc(N)cc3ccccc13)C2. The standard InChI is InChI=1S/C28H36N8O/c1-34-11-4-6-21(34)17-37-28-31-24-16-35(26-22-7-3-2-5-18(22)13-25(29)32-26)12-10-23(24)27(33-28)36-14-19-8-9-20(15-36)30-19/h2-3,5,7,13,19-21,30H,4,6,8-12,14-17H2,1H3,(H2,29,32)/t19-,20+,21-/m0/s1. The van der Waals surface area contributed by atoms with Crippen LogP contribution in [0.2, 0.25) is 0 Å². The Hall–Kier alpha value is -3.17. The van der Waals surface area contributed by atoms with Gasteiger partial charge in [-0.2, -0.15) is 9.97 Å². The van der Waals surface area contributed by atoms with E-state index < -0.39 is 0 Å². The van der Waals surface area contributed by atoms with Crippen LogP contribution in [0, 0.1) is 0 Å². The maximum absolute atomic E-state index is 6.30. The lowest BCUT2D eigenvalue weighted by molar-refractivity contribution is 0.187. The molecule has 3 atom stereocenters. The number of benzene rings is 1. The molecule has 6 heterocycles. The predicted molar refractivity (Wildman–Crippen MR) is 146 cm³/mol. The number of hydrogen-bond donors (Lipinski definition) is 2. The molecule has 9 nitrogen and oxygen atoms in total. The van der Waals surface area contributed by atoms with Crippen LogP contribution in [0.1, 0.15) is 36.9 Å². The Kier molecular flexibility index (Phi) is 5.77. The van der Waals surface area contributed by atoms with E-state index in [1.165, 1.54) is 24.8 Å². The van der Waals surface area contributed by atoms with E-state index in [0.717, 1.165) is 67.1 Å². The Bertz CT molecular complexity index is 1300. The van der Waals surface area contributed by atoms with Gasteiger partial charge in [0.25, 0.3) is 0 Å². The molecule has 0 aliphatic carbocycles. The van der Waals surface area contributed by atoms with Crippen molar-refractivity contribution in [2.75, 3.05) is 55.4 Å². The average Bonchev–Trinajstić information content (AvgIpc) is 3.49. The molecule has 3 fully saturated rings. The Morgan fingerprint density at radius 2 is 1.84 bits per heavy atom. The number of piperazine rings is 1. The Morgan fingerprint density at radius 3 is 2.65 bits per heavy atom. The summed E-state index contributed by atoms with van der Waals surface area (Å²) in [5.74, 6) is 2.55. The minimum absolute atomic E-state index is 0.428. The zero-order valence-electron chi connectivity index (χ0n) is 21.6. The molecule has 3 aromatic rings. The lowest BCUT2D eigenvalue weighted by atomic mass is 10.0. The quantitative estimate of drug-likeness (QED) is 0.548. The summed E-state index contributed by atoms with van der Waals surface area (Å²) in [6, 6.07) is 12.3. The Balaban J connectivity index is 1.23. The van der Waals surface area contributed by atoms with E-state index in [9.17, 15) is 0 Å². The van der Waals surface area contributed by atoms with Gasteiger partial charge in [-0.15, -0.1) is 0 Å². The van der Waals surface area contributed by atoms with Crippen molar-refractivity contribution in [1.29, 1.82) is 0 Å². The lowest BCUT2D eigenvalue weighted by Gasteiger charge is -2.37. The summed E-state index contributed by atoms with van der Waals surface area (Å²) in [6.07, 6.45) is 5.75. The molecule has 7 rings (SSSR count). The van der Waals surface area contributed by atoms with Crippen molar-refractivity contribution >= 4 is 28.2 Å². The van der Waals surface area contributed by atoms with Gasteiger partial charge in [-0.3, -0.25) is 0 Å². The predicted octanol–water partition coefficient (Wildman–Crippen LogP) is 2.58. The minimum atomic E-state index is 0.428. The zero-order valence-corrected chi connectivity index (χ0v) is 21.6. The number of hydrogen-bond acceptors (Lipinski definition) is 9. The van der Waals surface area contributed by atoms with E-state index in [1.807, 2.05) is 12.1 Å². The van der Waals surface area contributed by atoms with Gasteiger partial charge < -0.3 is 30.5 Å². The fourth-order valence-corrected chi connectivity index (χ4v) is 6.67. The Labute approximate surface area is 218 Å². The highest BCUT2D eigenvalue weighted by atomic mass is 16.5. The molecule has 0 saturated carbocycles. The number of fused-ring (bicyclic) bond motifs is 4. The summed E-state index contributed by atoms with van der Waals surface area (Å²) in [5.41, 5.74) is 8.52. The van der Waals surface area contributed by atoms with Crippen molar-refractivity contribution < 1.29 is 4.74 Å². The normalized spacial score (nSPS) is 25.6. The maximum Gasteiger partial charge on any atom is 0.318 e. The van der Waals surface area contributed by atoms with Gasteiger partial charge in [0.05, 0.1) is 12.2 Å². The van der Waals surface area contributed by atoms with Gasteiger partial charge >= 0.3 is 6.01 Å². The number of pyridine rings is 1. The van der Waals surface area contributed by atoms with Crippen molar-refractivity contribution in [3.8, 4) is 6.01 Å². The zero-order chi connectivity index (χ0) is 24.9. The van der Waals surface area contributed by atoms with Gasteiger partial charge in [0.15, 0.2) is 0 Å². The molecule has 194 valence electrons. The van der Waals surface area contributed by atoms with Crippen LogP contribution in [0.3, 0.4) is 0 Å². The van der Waals surface area contributed by atoms with Gasteiger partial charge in [-0.25, -0.2) is 4.98 Å². The largest absolute Gasteiger partial charge is 0.462 e. The smallest absolute Gasteiger partial charge is 0.318 e. The van der Waals surface area contributed by atoms with Crippen LogP contribution in [0.25, 0.3) is 10.8 Å². The number of nitrogens with one attached hydrogen (secondary N) is 1. The number of rotatable bonds is 5. The molecule has 37 heavy (non-hydrogen) atoms. The van der Waals surface area contributed by atoms with E-state index in [2.05, 4.69) is 45.3 Å². The van der Waals surface area contributed by atoms with E-state index >= 15 is 0 Å². The van der Waals surface area contributed by atoms with Crippen molar-refractivity contribution in [1.82, 2.24) is 25.2 Å². The molecular formula is C28H36N8O. The molecule has 1 aromatic carbocycles. The van der Waals surface area contributed by atoms with Gasteiger partial charge in [-0.05, 0) is 57.1 Å². The molecule has 2 aromatic heterocycles.